The van der Waals surface area contributed by atoms with Crippen LogP contribution in [-0.2, 0) is 9.53 Å². The summed E-state index contributed by atoms with van der Waals surface area (Å²) >= 11 is 6.54. The number of anilines is 2. The summed E-state index contributed by atoms with van der Waals surface area (Å²) < 4.78 is 5.44. The van der Waals surface area contributed by atoms with E-state index in [0.717, 1.165) is 74.5 Å². The minimum Gasteiger partial charge on any atom is -0.381 e. The number of hydrogen-bond acceptors (Lipinski definition) is 8. The van der Waals surface area contributed by atoms with Crippen molar-refractivity contribution in [3.8, 4) is 11.3 Å². The molecule has 2 aromatic rings. The van der Waals surface area contributed by atoms with Gasteiger partial charge in [-0.3, -0.25) is 9.69 Å². The lowest BCUT2D eigenvalue weighted by atomic mass is 9.89. The normalized spacial score (nSPS) is 24.7. The highest BCUT2D eigenvalue weighted by Gasteiger charge is 2.29. The van der Waals surface area contributed by atoms with Gasteiger partial charge in [-0.1, -0.05) is 17.7 Å². The van der Waals surface area contributed by atoms with Crippen molar-refractivity contribution in [1.82, 2.24) is 20.2 Å². The third-order valence-corrected chi connectivity index (χ3v) is 7.92. The lowest BCUT2D eigenvalue weighted by Gasteiger charge is -2.38. The Morgan fingerprint density at radius 3 is 2.78 bits per heavy atom. The highest BCUT2D eigenvalue weighted by molar-refractivity contribution is 6.33. The van der Waals surface area contributed by atoms with Crippen LogP contribution < -0.4 is 21.7 Å². The predicted molar refractivity (Wildman–Crippen MR) is 142 cm³/mol. The van der Waals surface area contributed by atoms with Gasteiger partial charge in [0, 0.05) is 62.2 Å². The molecule has 0 atom stereocenters. The predicted octanol–water partition coefficient (Wildman–Crippen LogP) is 2.87. The molecular formula is C26H36ClN7O2. The molecule has 3 aliphatic rings. The largest absolute Gasteiger partial charge is 0.381 e. The van der Waals surface area contributed by atoms with E-state index in [1.54, 1.807) is 6.20 Å². The maximum Gasteiger partial charge on any atom is 0.234 e. The van der Waals surface area contributed by atoms with Gasteiger partial charge in [-0.15, -0.1) is 0 Å². The molecule has 0 aromatic carbocycles. The number of amides is 1. The lowest BCUT2D eigenvalue weighted by Crippen LogP contribution is -2.52. The van der Waals surface area contributed by atoms with Gasteiger partial charge in [0.25, 0.3) is 0 Å². The molecule has 10 heteroatoms. The maximum absolute atomic E-state index is 11.7. The number of nitrogens with one attached hydrogen (secondary N) is 3. The Labute approximate surface area is 217 Å². The van der Waals surface area contributed by atoms with Crippen LogP contribution in [0, 0.1) is 0 Å². The molecule has 2 aliphatic heterocycles. The second kappa shape index (κ2) is 11.3. The van der Waals surface area contributed by atoms with Gasteiger partial charge < -0.3 is 26.4 Å². The second-order valence-corrected chi connectivity index (χ2v) is 10.7. The zero-order chi connectivity index (χ0) is 25.0. The molecule has 9 nitrogen and oxygen atoms in total. The van der Waals surface area contributed by atoms with E-state index in [9.17, 15) is 4.79 Å². The summed E-state index contributed by atoms with van der Waals surface area (Å²) in [6.45, 7) is 4.26. The van der Waals surface area contributed by atoms with Gasteiger partial charge >= 0.3 is 0 Å². The number of hydrogen-bond donors (Lipinski definition) is 4. The van der Waals surface area contributed by atoms with E-state index >= 15 is 0 Å². The summed E-state index contributed by atoms with van der Waals surface area (Å²) in [6, 6.07) is 8.70. The molecule has 0 unspecified atom stereocenters. The number of carbonyl (C=O) groups is 1. The first-order chi connectivity index (χ1) is 17.5. The SMILES string of the molecule is NC1(CNc2cccc(-c3cc(NC4CCC(N5CCNC(=O)C5)CC4)ncc3Cl)n2)CCOCC1. The fraction of sp³-hybridized carbons (Fsp3) is 0.577. The van der Waals surface area contributed by atoms with Gasteiger partial charge in [-0.2, -0.15) is 0 Å². The zero-order valence-electron chi connectivity index (χ0n) is 20.6. The molecule has 194 valence electrons. The molecule has 0 bridgehead atoms. The number of halogens is 1. The molecule has 1 aliphatic carbocycles. The average Bonchev–Trinajstić information content (AvgIpc) is 2.90. The number of rotatable bonds is 7. The van der Waals surface area contributed by atoms with Crippen molar-refractivity contribution in [3.05, 3.63) is 35.5 Å². The van der Waals surface area contributed by atoms with Crippen LogP contribution in [0.5, 0.6) is 0 Å². The zero-order valence-corrected chi connectivity index (χ0v) is 21.4. The van der Waals surface area contributed by atoms with Crippen LogP contribution in [-0.4, -0.2) is 77.8 Å². The minimum absolute atomic E-state index is 0.137. The maximum atomic E-state index is 11.7. The Morgan fingerprint density at radius 1 is 1.19 bits per heavy atom. The first kappa shape index (κ1) is 25.2. The van der Waals surface area contributed by atoms with Crippen molar-refractivity contribution in [2.24, 2.45) is 5.73 Å². The third kappa shape index (κ3) is 6.26. The molecule has 1 saturated carbocycles. The van der Waals surface area contributed by atoms with E-state index in [1.807, 2.05) is 24.3 Å². The van der Waals surface area contributed by atoms with Crippen LogP contribution in [0.3, 0.4) is 0 Å². The van der Waals surface area contributed by atoms with Crippen molar-refractivity contribution in [2.45, 2.75) is 56.1 Å². The second-order valence-electron chi connectivity index (χ2n) is 10.3. The van der Waals surface area contributed by atoms with Gasteiger partial charge in [0.2, 0.25) is 5.91 Å². The molecule has 1 amide bonds. The Kier molecular flexibility index (Phi) is 7.90. The van der Waals surface area contributed by atoms with E-state index < -0.39 is 0 Å². The highest BCUT2D eigenvalue weighted by atomic mass is 35.5. The number of carbonyl (C=O) groups excluding carboxylic acids is 1. The van der Waals surface area contributed by atoms with Gasteiger partial charge in [0.15, 0.2) is 0 Å². The number of nitrogens with zero attached hydrogens (tertiary/aromatic N) is 3. The van der Waals surface area contributed by atoms with Crippen molar-refractivity contribution in [1.29, 1.82) is 0 Å². The standard InChI is InChI=1S/C26H36ClN7O2/c27-21-15-30-24(32-18-4-6-19(7-5-18)34-11-10-29-25(35)16-34)14-20(21)22-2-1-3-23(33-22)31-17-26(28)8-12-36-13-9-26/h1-3,14-15,18-19H,4-13,16-17,28H2,(H,29,35)(H,30,32)(H,31,33). The Bertz CT molecular complexity index is 1050. The number of aromatic nitrogens is 2. The van der Waals surface area contributed by atoms with Crippen LogP contribution in [0.4, 0.5) is 11.6 Å². The van der Waals surface area contributed by atoms with Gasteiger partial charge in [-0.05, 0) is 56.7 Å². The number of pyridine rings is 2. The third-order valence-electron chi connectivity index (χ3n) is 7.62. The molecule has 36 heavy (non-hydrogen) atoms. The van der Waals surface area contributed by atoms with Crippen LogP contribution in [0.15, 0.2) is 30.5 Å². The van der Waals surface area contributed by atoms with Gasteiger partial charge in [-0.25, -0.2) is 9.97 Å². The van der Waals surface area contributed by atoms with E-state index in [0.29, 0.717) is 43.4 Å². The summed E-state index contributed by atoms with van der Waals surface area (Å²) in [6.07, 6.45) is 7.61. The molecular weight excluding hydrogens is 478 g/mol. The Morgan fingerprint density at radius 2 is 2.00 bits per heavy atom. The summed E-state index contributed by atoms with van der Waals surface area (Å²) in [5, 5.41) is 10.5. The number of ether oxygens (including phenoxy) is 1. The van der Waals surface area contributed by atoms with Gasteiger partial charge in [0.1, 0.15) is 11.6 Å². The van der Waals surface area contributed by atoms with Crippen molar-refractivity contribution in [2.75, 3.05) is 50.0 Å². The molecule has 5 rings (SSSR count). The van der Waals surface area contributed by atoms with E-state index in [-0.39, 0.29) is 11.4 Å². The summed E-state index contributed by atoms with van der Waals surface area (Å²) in [5.41, 5.74) is 7.88. The number of piperazine rings is 1. The Hall–Kier alpha value is -2.46. The molecule has 0 spiro atoms. The monoisotopic (exact) mass is 513 g/mol. The summed E-state index contributed by atoms with van der Waals surface area (Å²) in [4.78, 5) is 23.4. The molecule has 2 saturated heterocycles. The number of nitrogens with two attached hydrogens (primary N) is 1. The van der Waals surface area contributed by atoms with Crippen LogP contribution in [0.1, 0.15) is 38.5 Å². The van der Waals surface area contributed by atoms with E-state index in [2.05, 4.69) is 25.8 Å². The van der Waals surface area contributed by atoms with E-state index in [4.69, 9.17) is 27.1 Å². The van der Waals surface area contributed by atoms with Crippen molar-refractivity contribution in [3.63, 3.8) is 0 Å². The van der Waals surface area contributed by atoms with Crippen LogP contribution in [0.2, 0.25) is 5.02 Å². The molecule has 2 aromatic heterocycles. The Balaban J connectivity index is 1.20. The van der Waals surface area contributed by atoms with Crippen molar-refractivity contribution >= 4 is 29.1 Å². The molecule has 0 radical (unpaired) electrons. The fourth-order valence-electron chi connectivity index (χ4n) is 5.38. The smallest absolute Gasteiger partial charge is 0.234 e. The summed E-state index contributed by atoms with van der Waals surface area (Å²) in [5.74, 6) is 1.72. The van der Waals surface area contributed by atoms with Crippen molar-refractivity contribution < 1.29 is 9.53 Å². The molecule has 3 fully saturated rings. The molecule has 5 N–H and O–H groups in total. The van der Waals surface area contributed by atoms with Gasteiger partial charge in [0.05, 0.1) is 17.3 Å². The fourth-order valence-corrected chi connectivity index (χ4v) is 5.58. The summed E-state index contributed by atoms with van der Waals surface area (Å²) in [7, 11) is 0. The van der Waals surface area contributed by atoms with E-state index in [1.165, 1.54) is 0 Å². The lowest BCUT2D eigenvalue weighted by molar-refractivity contribution is -0.125. The molecule has 4 heterocycles. The average molecular weight is 514 g/mol. The van der Waals surface area contributed by atoms with Crippen LogP contribution in [0.25, 0.3) is 11.3 Å². The quantitative estimate of drug-likeness (QED) is 0.446. The first-order valence-electron chi connectivity index (χ1n) is 13.0. The minimum atomic E-state index is -0.277. The highest BCUT2D eigenvalue weighted by Crippen LogP contribution is 2.31. The topological polar surface area (TPSA) is 117 Å². The first-order valence-corrected chi connectivity index (χ1v) is 13.4. The van der Waals surface area contributed by atoms with Crippen LogP contribution >= 0.6 is 11.6 Å².